The smallest absolute Gasteiger partial charge is 0.267 e. The van der Waals surface area contributed by atoms with Gasteiger partial charge in [0.1, 0.15) is 0 Å². The summed E-state index contributed by atoms with van der Waals surface area (Å²) in [6.45, 7) is 6.28. The van der Waals surface area contributed by atoms with Crippen LogP contribution in [0.15, 0.2) is 48.6 Å². The Morgan fingerprint density at radius 3 is 1.63 bits per heavy atom. The van der Waals surface area contributed by atoms with Crippen molar-refractivity contribution in [1.82, 2.24) is 4.90 Å². The minimum absolute atomic E-state index is 0.0269. The molecule has 1 aliphatic rings. The normalized spacial score (nSPS) is 19.6. The second-order valence-electron chi connectivity index (χ2n) is 14.5. The molecular weight excluding hydrogens is 657 g/mol. The first-order chi connectivity index (χ1) is 24.9. The van der Waals surface area contributed by atoms with Crippen LogP contribution in [0, 0.1) is 0 Å². The minimum Gasteiger partial charge on any atom is -0.756 e. The molecule has 0 aromatic carbocycles. The van der Waals surface area contributed by atoms with Crippen LogP contribution in [0.2, 0.25) is 0 Å². The minimum atomic E-state index is -4.20. The second-order valence-corrected chi connectivity index (χ2v) is 16.0. The number of ether oxygens (including phenoxy) is 2. The maximum absolute atomic E-state index is 11.5. The molecule has 7 nitrogen and oxygen atoms in total. The van der Waals surface area contributed by atoms with Crippen LogP contribution in [-0.2, 0) is 23.1 Å². The highest BCUT2D eigenvalue weighted by Crippen LogP contribution is 2.37. The van der Waals surface area contributed by atoms with Crippen molar-refractivity contribution in [2.75, 3.05) is 40.5 Å². The van der Waals surface area contributed by atoms with E-state index in [1.54, 1.807) is 0 Å². The Kier molecular flexibility index (Phi) is 31.5. The molecule has 1 aliphatic heterocycles. The fourth-order valence-corrected chi connectivity index (χ4v) is 6.88. The van der Waals surface area contributed by atoms with E-state index < -0.39 is 13.6 Å². The zero-order valence-electron chi connectivity index (χ0n) is 33.5. The molecule has 0 spiro atoms. The van der Waals surface area contributed by atoms with Gasteiger partial charge in [-0.1, -0.05) is 140 Å². The molecule has 8 heteroatoms. The maximum atomic E-state index is 11.5. The van der Waals surface area contributed by atoms with Gasteiger partial charge in [0.05, 0.1) is 19.3 Å². The number of hydrogen-bond acceptors (Lipinski definition) is 7. The van der Waals surface area contributed by atoms with E-state index in [9.17, 15) is 9.46 Å². The molecule has 2 unspecified atom stereocenters. The lowest BCUT2D eigenvalue weighted by atomic mass is 9.98. The van der Waals surface area contributed by atoms with Crippen molar-refractivity contribution in [2.24, 2.45) is 0 Å². The van der Waals surface area contributed by atoms with E-state index >= 15 is 0 Å². The van der Waals surface area contributed by atoms with E-state index in [-0.39, 0.29) is 12.7 Å². The first kappa shape index (κ1) is 48.0. The third kappa shape index (κ3) is 29.0. The zero-order valence-corrected chi connectivity index (χ0v) is 34.4. The van der Waals surface area contributed by atoms with E-state index in [1.807, 2.05) is 11.9 Å². The summed E-state index contributed by atoms with van der Waals surface area (Å²) in [4.78, 5) is 13.5. The molecule has 0 aromatic heterocycles. The molecule has 0 radical (unpaired) electrons. The summed E-state index contributed by atoms with van der Waals surface area (Å²) in [6, 6.07) is 0. The fourth-order valence-electron chi connectivity index (χ4n) is 6.47. The van der Waals surface area contributed by atoms with Crippen LogP contribution in [0.5, 0.6) is 0 Å². The van der Waals surface area contributed by atoms with Crippen LogP contribution < -0.4 is 4.89 Å². The molecule has 0 aromatic rings. The van der Waals surface area contributed by atoms with E-state index in [4.69, 9.17) is 14.0 Å². The lowest BCUT2D eigenvalue weighted by Crippen LogP contribution is -2.36. The van der Waals surface area contributed by atoms with Gasteiger partial charge in [0.25, 0.3) is 7.82 Å². The van der Waals surface area contributed by atoms with Crippen molar-refractivity contribution in [3.05, 3.63) is 48.6 Å². The zero-order chi connectivity index (χ0) is 37.1. The Morgan fingerprint density at radius 2 is 1.14 bits per heavy atom. The van der Waals surface area contributed by atoms with Crippen molar-refractivity contribution >= 4 is 7.82 Å². The molecule has 51 heavy (non-hydrogen) atoms. The van der Waals surface area contributed by atoms with E-state index in [0.29, 0.717) is 19.7 Å². The standard InChI is InChI=1S/C43H80NO6P/c1-5-7-9-11-13-15-17-19-21-23-25-27-29-31-33-35-37-43(48-41-42(50-43)40-44(3)38-39-49-51(45,46)47-4)36-34-32-30-28-26-24-22-20-18-16-14-12-10-8-6-2/h12-15,18-21,42H,5-11,16-17,22-41H2,1-4H3,(H,45,46)/p-1/b14-12-,15-13-,20-18-,21-19-/t42-,43?/m0/s1. The van der Waals surface area contributed by atoms with E-state index in [0.717, 1.165) is 45.6 Å². The predicted molar refractivity (Wildman–Crippen MR) is 215 cm³/mol. The van der Waals surface area contributed by atoms with Gasteiger partial charge in [0.15, 0.2) is 5.79 Å². The monoisotopic (exact) mass is 737 g/mol. The largest absolute Gasteiger partial charge is 0.756 e. The Bertz CT molecular complexity index is 953. The summed E-state index contributed by atoms with van der Waals surface area (Å²) in [5.41, 5.74) is 0. The van der Waals surface area contributed by atoms with Crippen LogP contribution in [0.4, 0.5) is 0 Å². The van der Waals surface area contributed by atoms with Crippen molar-refractivity contribution in [3.8, 4) is 0 Å². The molecule has 3 atom stereocenters. The molecule has 0 N–H and O–H groups in total. The molecule has 1 saturated heterocycles. The molecule has 0 bridgehead atoms. The number of allylic oxidation sites excluding steroid dienone is 8. The Labute approximate surface area is 315 Å². The third-order valence-corrected chi connectivity index (χ3v) is 10.6. The highest BCUT2D eigenvalue weighted by Gasteiger charge is 2.40. The Hall–Kier alpha value is -1.05. The van der Waals surface area contributed by atoms with Gasteiger partial charge in [0, 0.05) is 33.0 Å². The molecule has 1 heterocycles. The molecule has 0 amide bonds. The van der Waals surface area contributed by atoms with Crippen molar-refractivity contribution in [2.45, 2.75) is 186 Å². The fraction of sp³-hybridized carbons (Fsp3) is 0.814. The number of unbranched alkanes of at least 4 members (excludes halogenated alkanes) is 17. The summed E-state index contributed by atoms with van der Waals surface area (Å²) in [5, 5.41) is 0. The Morgan fingerprint density at radius 1 is 0.686 bits per heavy atom. The SMILES string of the molecule is CCCC/C=C\C/C=C\CCCCCCCCC1(CCCCCCCC/C=C\C/C=C\CCCCC)OC[C@H](CN(C)CCOP(=O)([O-])OC)O1. The highest BCUT2D eigenvalue weighted by atomic mass is 31.2. The van der Waals surface area contributed by atoms with Gasteiger partial charge in [-0.05, 0) is 77.7 Å². The van der Waals surface area contributed by atoms with Crippen molar-refractivity contribution in [3.63, 3.8) is 0 Å². The van der Waals surface area contributed by atoms with Crippen LogP contribution in [0.1, 0.15) is 174 Å². The molecular formula is C43H79NO6P-. The average Bonchev–Trinajstić information content (AvgIpc) is 3.51. The number of likely N-dealkylation sites (N-methyl/N-ethyl adjacent to an activating group) is 1. The number of nitrogens with zero attached hydrogens (tertiary/aromatic N) is 1. The van der Waals surface area contributed by atoms with Gasteiger partial charge in [-0.2, -0.15) is 0 Å². The van der Waals surface area contributed by atoms with Gasteiger partial charge in [-0.15, -0.1) is 0 Å². The maximum Gasteiger partial charge on any atom is 0.267 e. The van der Waals surface area contributed by atoms with Crippen molar-refractivity contribution in [1.29, 1.82) is 0 Å². The summed E-state index contributed by atoms with van der Waals surface area (Å²) in [7, 11) is -1.13. The van der Waals surface area contributed by atoms with Gasteiger partial charge in [-0.25, -0.2) is 0 Å². The lowest BCUT2D eigenvalue weighted by Gasteiger charge is -2.29. The number of hydrogen-bond donors (Lipinski definition) is 0. The van der Waals surface area contributed by atoms with Gasteiger partial charge >= 0.3 is 0 Å². The molecule has 298 valence electrons. The van der Waals surface area contributed by atoms with Gasteiger partial charge in [-0.3, -0.25) is 4.57 Å². The molecule has 0 saturated carbocycles. The Balaban J connectivity index is 2.34. The summed E-state index contributed by atoms with van der Waals surface area (Å²) in [5.74, 6) is -0.492. The lowest BCUT2D eigenvalue weighted by molar-refractivity contribution is -0.223. The van der Waals surface area contributed by atoms with Crippen LogP contribution in [-0.4, -0.2) is 57.3 Å². The molecule has 1 fully saturated rings. The first-order valence-corrected chi connectivity index (χ1v) is 22.4. The van der Waals surface area contributed by atoms with Gasteiger partial charge in [0.2, 0.25) is 0 Å². The number of phosphoric ester groups is 1. The predicted octanol–water partition coefficient (Wildman–Crippen LogP) is 12.2. The topological polar surface area (TPSA) is 80.3 Å². The second kappa shape index (κ2) is 33.5. The quantitative estimate of drug-likeness (QED) is 0.0360. The summed E-state index contributed by atoms with van der Waals surface area (Å²) < 4.78 is 33.9. The summed E-state index contributed by atoms with van der Waals surface area (Å²) >= 11 is 0. The van der Waals surface area contributed by atoms with E-state index in [2.05, 4.69) is 67.0 Å². The number of phosphoric acid groups is 1. The van der Waals surface area contributed by atoms with Crippen LogP contribution in [0.3, 0.4) is 0 Å². The highest BCUT2D eigenvalue weighted by molar-refractivity contribution is 7.45. The summed E-state index contributed by atoms with van der Waals surface area (Å²) in [6.07, 6.45) is 48.8. The van der Waals surface area contributed by atoms with Gasteiger partial charge < -0.3 is 28.3 Å². The van der Waals surface area contributed by atoms with Crippen LogP contribution in [0.25, 0.3) is 0 Å². The van der Waals surface area contributed by atoms with E-state index in [1.165, 1.54) is 122 Å². The molecule has 1 rings (SSSR count). The third-order valence-electron chi connectivity index (χ3n) is 9.64. The average molecular weight is 737 g/mol. The molecule has 0 aliphatic carbocycles. The first-order valence-electron chi connectivity index (χ1n) is 21.0. The number of rotatable bonds is 36. The van der Waals surface area contributed by atoms with Crippen molar-refractivity contribution < 1.29 is 28.0 Å². The van der Waals surface area contributed by atoms with Crippen LogP contribution >= 0.6 is 7.82 Å².